The van der Waals surface area contributed by atoms with Gasteiger partial charge in [0.15, 0.2) is 17.2 Å². The minimum absolute atomic E-state index is 0.0674. The number of aromatic amines is 1. The van der Waals surface area contributed by atoms with E-state index in [1.807, 2.05) is 0 Å². The van der Waals surface area contributed by atoms with Crippen LogP contribution in [0, 0.1) is 6.92 Å². The fourth-order valence-electron chi connectivity index (χ4n) is 3.56. The van der Waals surface area contributed by atoms with Crippen LogP contribution in [-0.2, 0) is 16.9 Å². The van der Waals surface area contributed by atoms with Crippen LogP contribution in [0.25, 0.3) is 0 Å². The van der Waals surface area contributed by atoms with Gasteiger partial charge in [-0.25, -0.2) is 4.79 Å². The Balaban J connectivity index is 2.10. The van der Waals surface area contributed by atoms with Crippen LogP contribution >= 0.6 is 0 Å². The lowest BCUT2D eigenvalue weighted by molar-refractivity contribution is -0.119. The lowest BCUT2D eigenvalue weighted by atomic mass is 9.97. The van der Waals surface area contributed by atoms with Crippen molar-refractivity contribution in [2.45, 2.75) is 37.7 Å². The Bertz CT molecular complexity index is 967. The molecule has 9 nitrogen and oxygen atoms in total. The van der Waals surface area contributed by atoms with Crippen molar-refractivity contribution in [3.8, 4) is 11.5 Å². The van der Waals surface area contributed by atoms with Crippen molar-refractivity contribution in [1.29, 1.82) is 0 Å². The second-order valence-corrected chi connectivity index (χ2v) is 6.86. The fraction of sp³-hybridized carbons (Fsp3) is 0.474. The SMILES string of the molecule is COc1ccc(C[C@]2(n3cc(C)c(=O)[nH]c3=O)C[C@H](O)[C@@H](CO)O2)cc1OC. The number of nitrogens with zero attached hydrogens (tertiary/aromatic N) is 1. The summed E-state index contributed by atoms with van der Waals surface area (Å²) in [5.41, 5.74) is -1.32. The molecule has 1 aliphatic rings. The monoisotopic (exact) mass is 392 g/mol. The third-order valence-electron chi connectivity index (χ3n) is 5.00. The minimum Gasteiger partial charge on any atom is -0.493 e. The van der Waals surface area contributed by atoms with Gasteiger partial charge in [0.05, 0.1) is 26.9 Å². The molecular formula is C19H24N2O7. The zero-order valence-electron chi connectivity index (χ0n) is 16.0. The van der Waals surface area contributed by atoms with Crippen LogP contribution < -0.4 is 20.7 Å². The first-order valence-electron chi connectivity index (χ1n) is 8.84. The highest BCUT2D eigenvalue weighted by Gasteiger charge is 2.48. The molecule has 0 amide bonds. The molecule has 0 aliphatic carbocycles. The van der Waals surface area contributed by atoms with Crippen molar-refractivity contribution in [2.24, 2.45) is 0 Å². The van der Waals surface area contributed by atoms with Crippen molar-refractivity contribution < 1.29 is 24.4 Å². The predicted octanol–water partition coefficient (Wildman–Crippen LogP) is -0.100. The van der Waals surface area contributed by atoms with Crippen LogP contribution in [0.15, 0.2) is 34.0 Å². The number of hydrogen-bond donors (Lipinski definition) is 3. The van der Waals surface area contributed by atoms with E-state index in [9.17, 15) is 19.8 Å². The summed E-state index contributed by atoms with van der Waals surface area (Å²) in [7, 11) is 3.05. The van der Waals surface area contributed by atoms with E-state index in [1.165, 1.54) is 25.0 Å². The molecule has 0 unspecified atom stereocenters. The molecule has 28 heavy (non-hydrogen) atoms. The molecular weight excluding hydrogens is 368 g/mol. The van der Waals surface area contributed by atoms with Crippen molar-refractivity contribution in [3.63, 3.8) is 0 Å². The van der Waals surface area contributed by atoms with E-state index in [-0.39, 0.29) is 12.8 Å². The van der Waals surface area contributed by atoms with Crippen LogP contribution in [0.5, 0.6) is 11.5 Å². The molecule has 1 saturated heterocycles. The number of rotatable bonds is 6. The van der Waals surface area contributed by atoms with E-state index in [2.05, 4.69) is 4.98 Å². The summed E-state index contributed by atoms with van der Waals surface area (Å²) < 4.78 is 17.8. The number of H-pyrrole nitrogens is 1. The largest absolute Gasteiger partial charge is 0.493 e. The molecule has 2 aromatic rings. The highest BCUT2D eigenvalue weighted by atomic mass is 16.6. The van der Waals surface area contributed by atoms with E-state index in [1.54, 1.807) is 25.1 Å². The molecule has 3 atom stereocenters. The summed E-state index contributed by atoms with van der Waals surface area (Å²) in [5.74, 6) is 1.07. The summed E-state index contributed by atoms with van der Waals surface area (Å²) >= 11 is 0. The number of aliphatic hydroxyl groups excluding tert-OH is 2. The Labute approximate surface area is 161 Å². The summed E-state index contributed by atoms with van der Waals surface area (Å²) in [6.07, 6.45) is -0.137. The van der Waals surface area contributed by atoms with Crippen LogP contribution in [0.1, 0.15) is 17.5 Å². The van der Waals surface area contributed by atoms with Gasteiger partial charge in [-0.1, -0.05) is 6.07 Å². The van der Waals surface area contributed by atoms with Crippen molar-refractivity contribution >= 4 is 0 Å². The third kappa shape index (κ3) is 3.56. The molecule has 0 saturated carbocycles. The molecule has 1 fully saturated rings. The maximum Gasteiger partial charge on any atom is 0.330 e. The fourth-order valence-corrected chi connectivity index (χ4v) is 3.56. The smallest absolute Gasteiger partial charge is 0.330 e. The number of hydrogen-bond acceptors (Lipinski definition) is 7. The van der Waals surface area contributed by atoms with Gasteiger partial charge in [0.25, 0.3) is 5.56 Å². The van der Waals surface area contributed by atoms with Gasteiger partial charge in [-0.05, 0) is 24.6 Å². The second kappa shape index (κ2) is 7.78. The molecule has 0 bridgehead atoms. The molecule has 0 radical (unpaired) electrons. The zero-order chi connectivity index (χ0) is 20.5. The van der Waals surface area contributed by atoms with Gasteiger partial charge < -0.3 is 24.4 Å². The van der Waals surface area contributed by atoms with Gasteiger partial charge in [-0.3, -0.25) is 14.3 Å². The van der Waals surface area contributed by atoms with E-state index in [0.29, 0.717) is 17.1 Å². The van der Waals surface area contributed by atoms with Gasteiger partial charge in [0.1, 0.15) is 6.10 Å². The molecule has 2 heterocycles. The van der Waals surface area contributed by atoms with Gasteiger partial charge in [-0.15, -0.1) is 0 Å². The average molecular weight is 392 g/mol. The molecule has 9 heteroatoms. The zero-order valence-corrected chi connectivity index (χ0v) is 16.0. The maximum absolute atomic E-state index is 12.5. The summed E-state index contributed by atoms with van der Waals surface area (Å²) in [6, 6.07) is 5.29. The quantitative estimate of drug-likeness (QED) is 0.627. The average Bonchev–Trinajstić information content (AvgIpc) is 3.00. The molecule has 1 aliphatic heterocycles. The van der Waals surface area contributed by atoms with Gasteiger partial charge in [-0.2, -0.15) is 0 Å². The predicted molar refractivity (Wildman–Crippen MR) is 99.9 cm³/mol. The maximum atomic E-state index is 12.5. The number of benzene rings is 1. The lowest BCUT2D eigenvalue weighted by Crippen LogP contribution is -2.46. The minimum atomic E-state index is -1.28. The molecule has 0 spiro atoms. The Morgan fingerprint density at radius 3 is 2.61 bits per heavy atom. The van der Waals surface area contributed by atoms with Crippen molar-refractivity contribution in [1.82, 2.24) is 9.55 Å². The van der Waals surface area contributed by atoms with Crippen molar-refractivity contribution in [3.05, 3.63) is 56.4 Å². The van der Waals surface area contributed by atoms with Gasteiger partial charge in [0, 0.05) is 24.6 Å². The highest BCUT2D eigenvalue weighted by molar-refractivity contribution is 5.43. The number of aliphatic hydroxyl groups is 2. The first-order chi connectivity index (χ1) is 13.3. The molecule has 152 valence electrons. The normalized spacial score (nSPS) is 24.3. The van der Waals surface area contributed by atoms with Gasteiger partial charge in [0.2, 0.25) is 0 Å². The number of aryl methyl sites for hydroxylation is 1. The standard InChI is InChI=1S/C19H24N2O7/c1-11-9-21(18(25)20-17(11)24)19(8-13(23)16(10-22)28-19)7-12-4-5-14(26-2)15(6-12)27-3/h4-6,9,13,16,22-23H,7-8,10H2,1-3H3,(H,20,24,25)/t13-,16+,19+/m0/s1. The molecule has 1 aromatic carbocycles. The summed E-state index contributed by atoms with van der Waals surface area (Å²) in [6.45, 7) is 1.18. The number of ether oxygens (including phenoxy) is 3. The number of nitrogens with one attached hydrogen (secondary N) is 1. The van der Waals surface area contributed by atoms with Gasteiger partial charge >= 0.3 is 5.69 Å². The van der Waals surface area contributed by atoms with Crippen LogP contribution in [-0.4, -0.2) is 52.8 Å². The van der Waals surface area contributed by atoms with E-state index < -0.39 is 35.8 Å². The van der Waals surface area contributed by atoms with Crippen LogP contribution in [0.3, 0.4) is 0 Å². The Hall–Kier alpha value is -2.62. The first kappa shape index (κ1) is 20.1. The summed E-state index contributed by atoms with van der Waals surface area (Å²) in [5, 5.41) is 19.9. The van der Waals surface area contributed by atoms with Crippen molar-refractivity contribution in [2.75, 3.05) is 20.8 Å². The molecule has 3 N–H and O–H groups in total. The van der Waals surface area contributed by atoms with E-state index in [4.69, 9.17) is 14.2 Å². The summed E-state index contributed by atoms with van der Waals surface area (Å²) in [4.78, 5) is 26.6. The number of methoxy groups -OCH3 is 2. The first-order valence-corrected chi connectivity index (χ1v) is 8.84. The Kier molecular flexibility index (Phi) is 5.59. The molecule has 3 rings (SSSR count). The lowest BCUT2D eigenvalue weighted by Gasteiger charge is -2.31. The highest BCUT2D eigenvalue weighted by Crippen LogP contribution is 2.38. The topological polar surface area (TPSA) is 123 Å². The molecule has 1 aromatic heterocycles. The third-order valence-corrected chi connectivity index (χ3v) is 5.00. The van der Waals surface area contributed by atoms with E-state index >= 15 is 0 Å². The van der Waals surface area contributed by atoms with Crippen LogP contribution in [0.2, 0.25) is 0 Å². The Morgan fingerprint density at radius 1 is 1.29 bits per heavy atom. The van der Waals surface area contributed by atoms with Crippen LogP contribution in [0.4, 0.5) is 0 Å². The van der Waals surface area contributed by atoms with E-state index in [0.717, 1.165) is 5.56 Å². The second-order valence-electron chi connectivity index (χ2n) is 6.86. The number of aromatic nitrogens is 2. The Morgan fingerprint density at radius 2 is 2.00 bits per heavy atom.